The van der Waals surface area contributed by atoms with E-state index in [9.17, 15) is 13.2 Å². The molecule has 100 valence electrons. The van der Waals surface area contributed by atoms with Crippen LogP contribution in [0.2, 0.25) is 0 Å². The number of alkyl halides is 3. The van der Waals surface area contributed by atoms with Gasteiger partial charge in [-0.15, -0.1) is 0 Å². The van der Waals surface area contributed by atoms with E-state index in [1.165, 1.54) is 18.2 Å². The number of phenolic OH excluding ortho intramolecular Hbond substituents is 1. The lowest BCUT2D eigenvalue weighted by atomic mass is 10.1. The Bertz CT molecular complexity index is 547. The van der Waals surface area contributed by atoms with Crippen molar-refractivity contribution in [3.63, 3.8) is 0 Å². The maximum Gasteiger partial charge on any atom is 0.416 e. The highest BCUT2D eigenvalue weighted by atomic mass is 19.4. The molecule has 5 heteroatoms. The van der Waals surface area contributed by atoms with Crippen LogP contribution in [0.15, 0.2) is 48.5 Å². The first kappa shape index (κ1) is 13.3. The molecule has 0 aromatic heterocycles. The fourth-order valence-electron chi connectivity index (χ4n) is 1.55. The van der Waals surface area contributed by atoms with Crippen molar-refractivity contribution in [1.29, 1.82) is 0 Å². The van der Waals surface area contributed by atoms with Crippen LogP contribution in [0, 0.1) is 0 Å². The number of phenols is 1. The Hall–Kier alpha value is -2.17. The van der Waals surface area contributed by atoms with Gasteiger partial charge in [-0.1, -0.05) is 12.1 Å². The van der Waals surface area contributed by atoms with E-state index in [0.29, 0.717) is 11.3 Å². The Kier molecular flexibility index (Phi) is 3.64. The molecule has 0 radical (unpaired) electrons. The van der Waals surface area contributed by atoms with Gasteiger partial charge in [-0.25, -0.2) is 0 Å². The van der Waals surface area contributed by atoms with Crippen molar-refractivity contribution in [2.24, 2.45) is 0 Å². The Morgan fingerprint density at radius 1 is 1.00 bits per heavy atom. The Labute approximate surface area is 108 Å². The monoisotopic (exact) mass is 268 g/mol. The predicted octanol–water partition coefficient (Wildman–Crippen LogP) is 3.99. The van der Waals surface area contributed by atoms with E-state index in [0.717, 1.165) is 12.1 Å². The number of ether oxygens (including phenoxy) is 1. The first-order chi connectivity index (χ1) is 8.95. The van der Waals surface area contributed by atoms with Gasteiger partial charge in [0.25, 0.3) is 0 Å². The minimum atomic E-state index is -4.35. The van der Waals surface area contributed by atoms with E-state index in [1.807, 2.05) is 0 Å². The minimum Gasteiger partial charge on any atom is -0.508 e. The van der Waals surface area contributed by atoms with E-state index in [2.05, 4.69) is 0 Å². The Balaban J connectivity index is 2.05. The maximum absolute atomic E-state index is 12.5. The normalized spacial score (nSPS) is 11.3. The molecule has 0 aliphatic carbocycles. The van der Waals surface area contributed by atoms with Crippen molar-refractivity contribution in [3.05, 3.63) is 59.7 Å². The summed E-state index contributed by atoms with van der Waals surface area (Å²) in [5.41, 5.74) is -0.262. The average molecular weight is 268 g/mol. The molecule has 0 aliphatic heterocycles. The molecule has 2 aromatic rings. The SMILES string of the molecule is Oc1ccc(OCc2cccc(C(F)(F)F)c2)cc1. The third-order valence-corrected chi connectivity index (χ3v) is 2.50. The van der Waals surface area contributed by atoms with Crippen LogP contribution in [0.1, 0.15) is 11.1 Å². The second-order valence-electron chi connectivity index (χ2n) is 3.98. The molecule has 0 aliphatic rings. The quantitative estimate of drug-likeness (QED) is 0.912. The number of hydrogen-bond donors (Lipinski definition) is 1. The summed E-state index contributed by atoms with van der Waals surface area (Å²) in [6.45, 7) is 0.0364. The summed E-state index contributed by atoms with van der Waals surface area (Å²) < 4.78 is 42.9. The lowest BCUT2D eigenvalue weighted by Crippen LogP contribution is -2.06. The highest BCUT2D eigenvalue weighted by Crippen LogP contribution is 2.29. The highest BCUT2D eigenvalue weighted by Gasteiger charge is 2.30. The third kappa shape index (κ3) is 3.64. The number of halogens is 3. The van der Waals surface area contributed by atoms with Crippen molar-refractivity contribution in [1.82, 2.24) is 0 Å². The van der Waals surface area contributed by atoms with Gasteiger partial charge in [0.15, 0.2) is 0 Å². The van der Waals surface area contributed by atoms with Crippen LogP contribution >= 0.6 is 0 Å². The molecule has 0 amide bonds. The van der Waals surface area contributed by atoms with E-state index >= 15 is 0 Å². The summed E-state index contributed by atoms with van der Waals surface area (Å²) >= 11 is 0. The van der Waals surface area contributed by atoms with Gasteiger partial charge in [-0.3, -0.25) is 0 Å². The molecule has 2 nitrogen and oxygen atoms in total. The molecule has 19 heavy (non-hydrogen) atoms. The van der Waals surface area contributed by atoms with Crippen molar-refractivity contribution in [2.45, 2.75) is 12.8 Å². The van der Waals surface area contributed by atoms with E-state index < -0.39 is 11.7 Å². The standard InChI is InChI=1S/C14H11F3O2/c15-14(16,17)11-3-1-2-10(8-11)9-19-13-6-4-12(18)5-7-13/h1-8,18H,9H2. The minimum absolute atomic E-state index is 0.0364. The summed E-state index contributed by atoms with van der Waals surface area (Å²) in [6.07, 6.45) is -4.35. The molecule has 0 unspecified atom stereocenters. The van der Waals surface area contributed by atoms with Gasteiger partial charge in [0, 0.05) is 0 Å². The Morgan fingerprint density at radius 2 is 1.68 bits per heavy atom. The molecular formula is C14H11F3O2. The lowest BCUT2D eigenvalue weighted by molar-refractivity contribution is -0.137. The maximum atomic E-state index is 12.5. The van der Waals surface area contributed by atoms with Crippen LogP contribution < -0.4 is 4.74 Å². The molecule has 0 saturated heterocycles. The molecule has 0 atom stereocenters. The fourth-order valence-corrected chi connectivity index (χ4v) is 1.55. The molecule has 0 bridgehead atoms. The Morgan fingerprint density at radius 3 is 2.32 bits per heavy atom. The zero-order valence-corrected chi connectivity index (χ0v) is 9.82. The molecule has 0 fully saturated rings. The second-order valence-corrected chi connectivity index (χ2v) is 3.98. The van der Waals surface area contributed by atoms with Crippen molar-refractivity contribution in [2.75, 3.05) is 0 Å². The van der Waals surface area contributed by atoms with Crippen LogP contribution in [-0.4, -0.2) is 5.11 Å². The summed E-state index contributed by atoms with van der Waals surface area (Å²) in [6, 6.07) is 11.0. The van der Waals surface area contributed by atoms with Gasteiger partial charge in [-0.2, -0.15) is 13.2 Å². The second kappa shape index (κ2) is 5.22. The third-order valence-electron chi connectivity index (χ3n) is 2.50. The van der Waals surface area contributed by atoms with Crippen LogP contribution in [0.25, 0.3) is 0 Å². The number of aromatic hydroxyl groups is 1. The number of hydrogen-bond acceptors (Lipinski definition) is 2. The van der Waals surface area contributed by atoms with Crippen molar-refractivity contribution in [3.8, 4) is 11.5 Å². The molecule has 0 heterocycles. The zero-order chi connectivity index (χ0) is 13.9. The first-order valence-corrected chi connectivity index (χ1v) is 5.53. The number of benzene rings is 2. The molecule has 2 rings (SSSR count). The van der Waals surface area contributed by atoms with Gasteiger partial charge < -0.3 is 9.84 Å². The number of rotatable bonds is 3. The van der Waals surface area contributed by atoms with Crippen molar-refractivity contribution < 1.29 is 23.0 Å². The van der Waals surface area contributed by atoms with E-state index in [-0.39, 0.29) is 12.4 Å². The lowest BCUT2D eigenvalue weighted by Gasteiger charge is -2.10. The van der Waals surface area contributed by atoms with Gasteiger partial charge in [-0.05, 0) is 42.0 Å². The molecule has 0 spiro atoms. The zero-order valence-electron chi connectivity index (χ0n) is 9.82. The van der Waals surface area contributed by atoms with Crippen molar-refractivity contribution >= 4 is 0 Å². The van der Waals surface area contributed by atoms with E-state index in [4.69, 9.17) is 9.84 Å². The van der Waals surface area contributed by atoms with Crippen LogP contribution in [-0.2, 0) is 12.8 Å². The summed E-state index contributed by atoms with van der Waals surface area (Å²) in [5, 5.41) is 9.09. The van der Waals surface area contributed by atoms with Gasteiger partial charge in [0.05, 0.1) is 5.56 Å². The average Bonchev–Trinajstić information content (AvgIpc) is 2.37. The summed E-state index contributed by atoms with van der Waals surface area (Å²) in [5.74, 6) is 0.585. The largest absolute Gasteiger partial charge is 0.508 e. The van der Waals surface area contributed by atoms with Crippen LogP contribution in [0.5, 0.6) is 11.5 Å². The highest BCUT2D eigenvalue weighted by molar-refractivity contribution is 5.31. The summed E-state index contributed by atoms with van der Waals surface area (Å²) in [4.78, 5) is 0. The van der Waals surface area contributed by atoms with E-state index in [1.54, 1.807) is 18.2 Å². The first-order valence-electron chi connectivity index (χ1n) is 5.53. The topological polar surface area (TPSA) is 29.5 Å². The summed E-state index contributed by atoms with van der Waals surface area (Å²) in [7, 11) is 0. The van der Waals surface area contributed by atoms with Crippen LogP contribution in [0.4, 0.5) is 13.2 Å². The van der Waals surface area contributed by atoms with Gasteiger partial charge in [0.2, 0.25) is 0 Å². The molecule has 0 saturated carbocycles. The van der Waals surface area contributed by atoms with Gasteiger partial charge in [0.1, 0.15) is 18.1 Å². The molecular weight excluding hydrogens is 257 g/mol. The van der Waals surface area contributed by atoms with Gasteiger partial charge >= 0.3 is 6.18 Å². The smallest absolute Gasteiger partial charge is 0.416 e. The molecule has 1 N–H and O–H groups in total. The predicted molar refractivity (Wildman–Crippen MR) is 63.9 cm³/mol. The molecule has 2 aromatic carbocycles. The fraction of sp³-hybridized carbons (Fsp3) is 0.143. The van der Waals surface area contributed by atoms with Crippen LogP contribution in [0.3, 0.4) is 0 Å².